The number of halogens is 4. The Balaban J connectivity index is 2.00. The molecule has 2 aromatic rings. The third-order valence-corrected chi connectivity index (χ3v) is 5.77. The molecule has 0 saturated heterocycles. The number of nitrogens with zero attached hydrogens (tertiary/aromatic N) is 1. The number of methoxy groups -OCH3 is 1. The summed E-state index contributed by atoms with van der Waals surface area (Å²) in [6.07, 6.45) is 1.32. The number of aryl methyl sites for hydroxylation is 1. The van der Waals surface area contributed by atoms with Crippen molar-refractivity contribution in [3.63, 3.8) is 0 Å². The number of nitrogens with one attached hydrogen (secondary N) is 1. The lowest BCUT2D eigenvalue weighted by atomic mass is 10.2. The van der Waals surface area contributed by atoms with Gasteiger partial charge in [0.15, 0.2) is 12.4 Å². The van der Waals surface area contributed by atoms with E-state index in [2.05, 4.69) is 74.2 Å². The molecule has 2 aromatic carbocycles. The van der Waals surface area contributed by atoms with E-state index in [-0.39, 0.29) is 12.4 Å². The minimum atomic E-state index is -0.447. The summed E-state index contributed by atoms with van der Waals surface area (Å²) in [6, 6.07) is 5.39. The Labute approximate surface area is 189 Å². The van der Waals surface area contributed by atoms with Crippen LogP contribution in [0.3, 0.4) is 0 Å². The average Bonchev–Trinajstić information content (AvgIpc) is 2.58. The zero-order valence-corrected chi connectivity index (χ0v) is 20.5. The highest BCUT2D eigenvalue weighted by Crippen LogP contribution is 2.41. The number of ether oxygens (including phenoxy) is 2. The van der Waals surface area contributed by atoms with Crippen molar-refractivity contribution in [2.24, 2.45) is 5.10 Å². The van der Waals surface area contributed by atoms with Crippen LogP contribution in [-0.2, 0) is 4.79 Å². The first-order valence-electron chi connectivity index (χ1n) is 7.39. The number of phenolic OH excluding ortho intramolecular Hbond substituents is 1. The first kappa shape index (κ1) is 22.2. The van der Waals surface area contributed by atoms with Crippen LogP contribution in [0.5, 0.6) is 17.2 Å². The van der Waals surface area contributed by atoms with Crippen molar-refractivity contribution in [1.82, 2.24) is 5.43 Å². The molecule has 144 valence electrons. The third kappa shape index (κ3) is 5.69. The van der Waals surface area contributed by atoms with Crippen molar-refractivity contribution in [2.75, 3.05) is 13.7 Å². The number of amides is 1. The normalized spacial score (nSPS) is 10.9. The lowest BCUT2D eigenvalue weighted by Gasteiger charge is -2.11. The molecule has 27 heavy (non-hydrogen) atoms. The minimum absolute atomic E-state index is 0.0585. The van der Waals surface area contributed by atoms with E-state index in [0.717, 1.165) is 14.5 Å². The molecule has 0 aliphatic heterocycles. The predicted molar refractivity (Wildman–Crippen MR) is 118 cm³/mol. The number of carbonyl (C=O) groups is 1. The van der Waals surface area contributed by atoms with Gasteiger partial charge in [0.25, 0.3) is 5.91 Å². The Morgan fingerprint density at radius 1 is 1.15 bits per heavy atom. The van der Waals surface area contributed by atoms with Gasteiger partial charge in [0.05, 0.1) is 26.7 Å². The van der Waals surface area contributed by atoms with Gasteiger partial charge >= 0.3 is 0 Å². The highest BCUT2D eigenvalue weighted by atomic mass is 79.9. The zero-order chi connectivity index (χ0) is 20.1. The first-order chi connectivity index (χ1) is 12.7. The topological polar surface area (TPSA) is 80.2 Å². The number of aromatic hydroxyl groups is 1. The largest absolute Gasteiger partial charge is 0.506 e. The standard InChI is InChI=1S/C17H14Br4N2O4/c1-8-3-10(18)16(11(19)4-8)27-7-13(24)23-22-6-9-5-12(20)17(26-2)14(21)15(9)25/h3-6,25H,7H2,1-2H3,(H,23,24)/b22-6+. The number of hydrazone groups is 1. The van der Waals surface area contributed by atoms with Gasteiger partial charge in [0.1, 0.15) is 16.0 Å². The van der Waals surface area contributed by atoms with Crippen LogP contribution in [0.2, 0.25) is 0 Å². The molecular weight excluding hydrogens is 616 g/mol. The molecule has 2 N–H and O–H groups in total. The van der Waals surface area contributed by atoms with Gasteiger partial charge in [-0.1, -0.05) is 0 Å². The van der Waals surface area contributed by atoms with Crippen molar-refractivity contribution < 1.29 is 19.4 Å². The highest BCUT2D eigenvalue weighted by Gasteiger charge is 2.14. The fourth-order valence-corrected chi connectivity index (χ4v) is 5.18. The molecule has 0 spiro atoms. The van der Waals surface area contributed by atoms with Crippen molar-refractivity contribution >= 4 is 75.8 Å². The molecule has 0 bridgehead atoms. The van der Waals surface area contributed by atoms with E-state index in [4.69, 9.17) is 9.47 Å². The summed E-state index contributed by atoms with van der Waals surface area (Å²) in [5, 5.41) is 14.0. The minimum Gasteiger partial charge on any atom is -0.506 e. The van der Waals surface area contributed by atoms with Crippen LogP contribution in [0.1, 0.15) is 11.1 Å². The number of rotatable bonds is 6. The van der Waals surface area contributed by atoms with Crippen LogP contribution in [0.15, 0.2) is 41.2 Å². The summed E-state index contributed by atoms with van der Waals surface area (Å²) in [5.74, 6) is 0.477. The average molecular weight is 630 g/mol. The number of hydrogen-bond donors (Lipinski definition) is 2. The number of carbonyl (C=O) groups excluding carboxylic acids is 1. The zero-order valence-electron chi connectivity index (χ0n) is 14.1. The SMILES string of the molecule is COc1c(Br)cc(/C=N/NC(=O)COc2c(Br)cc(C)cc2Br)c(O)c1Br. The van der Waals surface area contributed by atoms with E-state index < -0.39 is 5.91 Å². The van der Waals surface area contributed by atoms with Gasteiger partial charge in [-0.15, -0.1) is 0 Å². The van der Waals surface area contributed by atoms with E-state index in [1.807, 2.05) is 19.1 Å². The van der Waals surface area contributed by atoms with Crippen LogP contribution in [0.25, 0.3) is 0 Å². The molecule has 0 aliphatic carbocycles. The Bertz CT molecular complexity index is 880. The van der Waals surface area contributed by atoms with E-state index in [0.29, 0.717) is 26.0 Å². The van der Waals surface area contributed by atoms with Gasteiger partial charge in [-0.25, -0.2) is 5.43 Å². The molecule has 10 heteroatoms. The highest BCUT2D eigenvalue weighted by molar-refractivity contribution is 9.11. The summed E-state index contributed by atoms with van der Waals surface area (Å²) in [5.41, 5.74) is 3.79. The second kappa shape index (κ2) is 9.90. The lowest BCUT2D eigenvalue weighted by molar-refractivity contribution is -0.123. The molecule has 0 unspecified atom stereocenters. The fraction of sp³-hybridized carbons (Fsp3) is 0.176. The Morgan fingerprint density at radius 3 is 2.33 bits per heavy atom. The molecule has 6 nitrogen and oxygen atoms in total. The van der Waals surface area contributed by atoms with Gasteiger partial charge in [-0.3, -0.25) is 4.79 Å². The molecular formula is C17H14Br4N2O4. The molecule has 0 radical (unpaired) electrons. The summed E-state index contributed by atoms with van der Waals surface area (Å²) in [4.78, 5) is 11.9. The molecule has 2 rings (SSSR count). The van der Waals surface area contributed by atoms with Gasteiger partial charge in [0.2, 0.25) is 0 Å². The van der Waals surface area contributed by atoms with Crippen LogP contribution in [0.4, 0.5) is 0 Å². The molecule has 0 fully saturated rings. The maximum Gasteiger partial charge on any atom is 0.277 e. The number of benzene rings is 2. The van der Waals surface area contributed by atoms with Crippen LogP contribution >= 0.6 is 63.7 Å². The van der Waals surface area contributed by atoms with Crippen LogP contribution < -0.4 is 14.9 Å². The van der Waals surface area contributed by atoms with E-state index in [1.165, 1.54) is 13.3 Å². The third-order valence-electron chi connectivity index (χ3n) is 3.27. The maximum atomic E-state index is 11.9. The van der Waals surface area contributed by atoms with Crippen molar-refractivity contribution in [3.05, 3.63) is 47.2 Å². The summed E-state index contributed by atoms with van der Waals surface area (Å²) in [7, 11) is 1.49. The second-order valence-electron chi connectivity index (χ2n) is 5.28. The predicted octanol–water partition coefficient (Wildman–Crippen LogP) is 5.29. The first-order valence-corrected chi connectivity index (χ1v) is 10.6. The second-order valence-corrected chi connectivity index (χ2v) is 8.64. The van der Waals surface area contributed by atoms with Crippen LogP contribution in [-0.4, -0.2) is 30.9 Å². The van der Waals surface area contributed by atoms with E-state index in [1.54, 1.807) is 6.07 Å². The van der Waals surface area contributed by atoms with Gasteiger partial charge in [-0.2, -0.15) is 5.10 Å². The number of hydrogen-bond acceptors (Lipinski definition) is 5. The van der Waals surface area contributed by atoms with E-state index >= 15 is 0 Å². The lowest BCUT2D eigenvalue weighted by Crippen LogP contribution is -2.24. The van der Waals surface area contributed by atoms with Crippen molar-refractivity contribution in [2.45, 2.75) is 6.92 Å². The van der Waals surface area contributed by atoms with Gasteiger partial charge < -0.3 is 14.6 Å². The molecule has 0 aromatic heterocycles. The van der Waals surface area contributed by atoms with Gasteiger partial charge in [-0.05, 0) is 94.4 Å². The Morgan fingerprint density at radius 2 is 1.74 bits per heavy atom. The molecule has 0 atom stereocenters. The van der Waals surface area contributed by atoms with Crippen LogP contribution in [0, 0.1) is 6.92 Å². The molecule has 0 saturated carbocycles. The van der Waals surface area contributed by atoms with Crippen molar-refractivity contribution in [1.29, 1.82) is 0 Å². The smallest absolute Gasteiger partial charge is 0.277 e. The van der Waals surface area contributed by atoms with E-state index in [9.17, 15) is 9.90 Å². The maximum absolute atomic E-state index is 11.9. The molecule has 0 aliphatic rings. The Hall–Kier alpha value is -1.10. The summed E-state index contributed by atoms with van der Waals surface area (Å²) < 4.78 is 13.2. The molecule has 0 heterocycles. The number of phenols is 1. The summed E-state index contributed by atoms with van der Waals surface area (Å²) in [6.45, 7) is 1.73. The Kier molecular flexibility index (Phi) is 8.14. The van der Waals surface area contributed by atoms with Gasteiger partial charge in [0, 0.05) is 5.56 Å². The quantitative estimate of drug-likeness (QED) is 0.336. The molecule has 1 amide bonds. The summed E-state index contributed by atoms with van der Waals surface area (Å²) >= 11 is 13.4. The fourth-order valence-electron chi connectivity index (χ4n) is 2.06. The monoisotopic (exact) mass is 626 g/mol. The van der Waals surface area contributed by atoms with Crippen molar-refractivity contribution in [3.8, 4) is 17.2 Å².